The number of hydrogen-bond acceptors (Lipinski definition) is 7. The number of nitrogens with one attached hydrogen (secondary N) is 1. The van der Waals surface area contributed by atoms with Crippen LogP contribution in [0.3, 0.4) is 0 Å². The highest BCUT2D eigenvalue weighted by atomic mass is 32.2. The first-order valence-electron chi connectivity index (χ1n) is 10.4. The number of carbonyl (C=O) groups excluding carboxylic acids is 2. The molecule has 1 aliphatic heterocycles. The highest BCUT2D eigenvalue weighted by molar-refractivity contribution is 8.14. The summed E-state index contributed by atoms with van der Waals surface area (Å²) < 4.78 is 0. The number of carbonyl (C=O) groups is 2. The maximum atomic E-state index is 13.1. The lowest BCUT2D eigenvalue weighted by Crippen LogP contribution is -2.41. The lowest BCUT2D eigenvalue weighted by molar-refractivity contribution is -0.384. The van der Waals surface area contributed by atoms with E-state index in [-0.39, 0.29) is 29.3 Å². The summed E-state index contributed by atoms with van der Waals surface area (Å²) in [6.45, 7) is 0. The summed E-state index contributed by atoms with van der Waals surface area (Å²) in [5.74, 6) is -0.291. The summed E-state index contributed by atoms with van der Waals surface area (Å²) in [6.07, 6.45) is 7.01. The summed E-state index contributed by atoms with van der Waals surface area (Å²) in [5, 5.41) is 16.0. The average molecular weight is 471 g/mol. The van der Waals surface area contributed by atoms with Crippen LogP contribution in [0, 0.1) is 10.1 Å². The van der Waals surface area contributed by atoms with E-state index in [1.807, 2.05) is 17.5 Å². The zero-order valence-corrected chi connectivity index (χ0v) is 18.9. The number of amidine groups is 1. The van der Waals surface area contributed by atoms with Gasteiger partial charge in [-0.25, -0.2) is 4.99 Å². The van der Waals surface area contributed by atoms with E-state index in [2.05, 4.69) is 10.3 Å². The van der Waals surface area contributed by atoms with Crippen LogP contribution in [0.1, 0.15) is 37.0 Å². The molecule has 1 saturated carbocycles. The second-order valence-corrected chi connectivity index (χ2v) is 9.47. The van der Waals surface area contributed by atoms with E-state index in [0.29, 0.717) is 16.6 Å². The number of hydrogen-bond donors (Lipinski definition) is 1. The number of thioether (sulfide) groups is 1. The van der Waals surface area contributed by atoms with E-state index >= 15 is 0 Å². The first-order chi connectivity index (χ1) is 15.5. The van der Waals surface area contributed by atoms with Crippen LogP contribution in [0.15, 0.2) is 52.5 Å². The fraction of sp³-hybridized carbons (Fsp3) is 0.318. The SMILES string of the molecule is O=C(CSC1=NC(=Cc2cccs2)C(=O)N1C1CCCCC1)Nc1ccc([N+](=O)[O-])cc1. The van der Waals surface area contributed by atoms with Crippen molar-refractivity contribution in [2.75, 3.05) is 11.1 Å². The number of amides is 2. The third-order valence-corrected chi connectivity index (χ3v) is 7.09. The van der Waals surface area contributed by atoms with Crippen LogP contribution < -0.4 is 5.32 Å². The van der Waals surface area contributed by atoms with Crippen molar-refractivity contribution in [2.24, 2.45) is 4.99 Å². The van der Waals surface area contributed by atoms with Crippen LogP contribution in [-0.4, -0.2) is 38.6 Å². The normalized spacial score (nSPS) is 18.1. The molecule has 32 heavy (non-hydrogen) atoms. The lowest BCUT2D eigenvalue weighted by Gasteiger charge is -2.31. The standard InChI is InChI=1S/C22H22N4O4S2/c27-20(23-15-8-10-17(11-9-15)26(29)30)14-32-22-24-19(13-18-7-4-12-31-18)21(28)25(22)16-5-2-1-3-6-16/h4,7-13,16H,1-3,5-6,14H2,(H,23,27). The molecule has 1 aliphatic carbocycles. The summed E-state index contributed by atoms with van der Waals surface area (Å²) in [4.78, 5) is 43.2. The molecule has 1 aromatic carbocycles. The van der Waals surface area contributed by atoms with Gasteiger partial charge in [-0.05, 0) is 42.5 Å². The minimum Gasteiger partial charge on any atom is -0.325 e. The molecule has 2 aliphatic rings. The van der Waals surface area contributed by atoms with Crippen LogP contribution >= 0.6 is 23.1 Å². The van der Waals surface area contributed by atoms with Gasteiger partial charge in [0.25, 0.3) is 11.6 Å². The van der Waals surface area contributed by atoms with E-state index in [4.69, 9.17) is 0 Å². The van der Waals surface area contributed by atoms with Gasteiger partial charge in [0, 0.05) is 28.7 Å². The average Bonchev–Trinajstić information content (AvgIpc) is 3.41. The van der Waals surface area contributed by atoms with Crippen LogP contribution in [0.5, 0.6) is 0 Å². The van der Waals surface area contributed by atoms with Crippen molar-refractivity contribution in [2.45, 2.75) is 38.1 Å². The monoisotopic (exact) mass is 470 g/mol. The molecule has 0 atom stereocenters. The molecule has 2 aromatic rings. The Labute approximate surface area is 193 Å². The van der Waals surface area contributed by atoms with E-state index < -0.39 is 4.92 Å². The third kappa shape index (κ3) is 5.25. The Bertz CT molecular complexity index is 1060. The largest absolute Gasteiger partial charge is 0.325 e. The highest BCUT2D eigenvalue weighted by Crippen LogP contribution is 2.32. The maximum Gasteiger partial charge on any atom is 0.278 e. The Balaban J connectivity index is 1.45. The van der Waals surface area contributed by atoms with Gasteiger partial charge in [-0.15, -0.1) is 11.3 Å². The molecule has 166 valence electrons. The molecular formula is C22H22N4O4S2. The molecule has 2 amide bonds. The molecule has 0 saturated heterocycles. The van der Waals surface area contributed by atoms with Crippen LogP contribution in [0.4, 0.5) is 11.4 Å². The van der Waals surface area contributed by atoms with Gasteiger partial charge in [-0.1, -0.05) is 37.1 Å². The molecule has 1 N–H and O–H groups in total. The Hall–Kier alpha value is -2.98. The summed E-state index contributed by atoms with van der Waals surface area (Å²) in [6, 6.07) is 9.64. The zero-order valence-electron chi connectivity index (χ0n) is 17.2. The fourth-order valence-corrected chi connectivity index (χ4v) is 5.29. The second kappa shape index (κ2) is 10.1. The van der Waals surface area contributed by atoms with E-state index in [1.165, 1.54) is 42.4 Å². The number of nitro groups is 1. The highest BCUT2D eigenvalue weighted by Gasteiger charge is 2.36. The molecule has 2 heterocycles. The Kier molecular flexibility index (Phi) is 7.01. The number of non-ortho nitro benzene ring substituents is 1. The summed E-state index contributed by atoms with van der Waals surface area (Å²) in [5.41, 5.74) is 0.841. The van der Waals surface area contributed by atoms with Crippen molar-refractivity contribution in [3.05, 3.63) is 62.5 Å². The maximum absolute atomic E-state index is 13.1. The molecule has 8 nitrogen and oxygen atoms in total. The lowest BCUT2D eigenvalue weighted by atomic mass is 9.94. The van der Waals surface area contributed by atoms with Gasteiger partial charge in [0.05, 0.1) is 10.7 Å². The van der Waals surface area contributed by atoms with Crippen molar-refractivity contribution in [1.82, 2.24) is 4.90 Å². The minimum absolute atomic E-state index is 0.0376. The third-order valence-electron chi connectivity index (χ3n) is 5.32. The van der Waals surface area contributed by atoms with Gasteiger partial charge in [0.15, 0.2) is 5.17 Å². The number of benzene rings is 1. The topological polar surface area (TPSA) is 105 Å². The number of nitrogens with zero attached hydrogens (tertiary/aromatic N) is 3. The Morgan fingerprint density at radius 2 is 2.00 bits per heavy atom. The molecule has 1 aromatic heterocycles. The quantitative estimate of drug-likeness (QED) is 0.367. The van der Waals surface area contributed by atoms with Gasteiger partial charge >= 0.3 is 0 Å². The number of anilines is 1. The van der Waals surface area contributed by atoms with Gasteiger partial charge in [0.1, 0.15) is 5.70 Å². The molecule has 4 rings (SSSR count). The molecule has 0 bridgehead atoms. The molecule has 0 spiro atoms. The predicted octanol–water partition coefficient (Wildman–Crippen LogP) is 4.90. The van der Waals surface area contributed by atoms with Crippen LogP contribution in [0.25, 0.3) is 6.08 Å². The fourth-order valence-electron chi connectivity index (χ4n) is 3.77. The number of rotatable bonds is 6. The number of aliphatic imine (C=N–C) groups is 1. The zero-order chi connectivity index (χ0) is 22.5. The van der Waals surface area contributed by atoms with E-state index in [9.17, 15) is 19.7 Å². The molecule has 10 heteroatoms. The minimum atomic E-state index is -0.488. The van der Waals surface area contributed by atoms with Crippen LogP contribution in [-0.2, 0) is 9.59 Å². The Morgan fingerprint density at radius 1 is 1.25 bits per heavy atom. The smallest absolute Gasteiger partial charge is 0.278 e. The van der Waals surface area contributed by atoms with Gasteiger partial charge in [-0.2, -0.15) is 0 Å². The Morgan fingerprint density at radius 3 is 2.66 bits per heavy atom. The van der Waals surface area contributed by atoms with E-state index in [1.54, 1.807) is 22.3 Å². The predicted molar refractivity (Wildman–Crippen MR) is 128 cm³/mol. The molecular weight excluding hydrogens is 448 g/mol. The number of thiophene rings is 1. The van der Waals surface area contributed by atoms with Crippen molar-refractivity contribution in [1.29, 1.82) is 0 Å². The van der Waals surface area contributed by atoms with Crippen molar-refractivity contribution in [3.8, 4) is 0 Å². The van der Waals surface area contributed by atoms with Gasteiger partial charge in [-0.3, -0.25) is 24.6 Å². The van der Waals surface area contributed by atoms with Gasteiger partial charge in [0.2, 0.25) is 5.91 Å². The molecule has 1 fully saturated rings. The molecule has 0 radical (unpaired) electrons. The van der Waals surface area contributed by atoms with E-state index in [0.717, 1.165) is 30.6 Å². The first-order valence-corrected chi connectivity index (χ1v) is 12.2. The summed E-state index contributed by atoms with van der Waals surface area (Å²) in [7, 11) is 0. The van der Waals surface area contributed by atoms with Crippen molar-refractivity contribution in [3.63, 3.8) is 0 Å². The van der Waals surface area contributed by atoms with Crippen molar-refractivity contribution >= 4 is 57.5 Å². The molecule has 0 unspecified atom stereocenters. The van der Waals surface area contributed by atoms with Crippen LogP contribution in [0.2, 0.25) is 0 Å². The number of nitro benzene ring substituents is 1. The summed E-state index contributed by atoms with van der Waals surface area (Å²) >= 11 is 2.78. The van der Waals surface area contributed by atoms with Crippen molar-refractivity contribution < 1.29 is 14.5 Å². The first kappa shape index (κ1) is 22.2. The second-order valence-electron chi connectivity index (χ2n) is 7.55. The van der Waals surface area contributed by atoms with Gasteiger partial charge < -0.3 is 5.32 Å².